The van der Waals surface area contributed by atoms with Crippen molar-refractivity contribution in [2.75, 3.05) is 30.4 Å². The molecule has 102 valence electrons. The highest BCUT2D eigenvalue weighted by Gasteiger charge is 2.16. The molecule has 2 aliphatic rings. The van der Waals surface area contributed by atoms with Crippen LogP contribution in [0.4, 0.5) is 11.4 Å². The highest BCUT2D eigenvalue weighted by molar-refractivity contribution is 5.94. The molecule has 19 heavy (non-hydrogen) atoms. The normalized spacial score (nSPS) is 22.5. The number of carbonyl (C=O) groups excluding carboxylic acids is 1. The van der Waals surface area contributed by atoms with E-state index in [1.807, 2.05) is 12.1 Å². The average molecular weight is 260 g/mol. The Morgan fingerprint density at radius 1 is 1.37 bits per heavy atom. The lowest BCUT2D eigenvalue weighted by Gasteiger charge is -2.23. The van der Waals surface area contributed by atoms with Crippen molar-refractivity contribution in [3.63, 3.8) is 0 Å². The largest absolute Gasteiger partial charge is 0.385 e. The lowest BCUT2D eigenvalue weighted by Crippen LogP contribution is -2.24. The zero-order valence-electron chi connectivity index (χ0n) is 11.1. The summed E-state index contributed by atoms with van der Waals surface area (Å²) in [5.74, 6) is 0.733. The Morgan fingerprint density at radius 3 is 3.16 bits per heavy atom. The second-order valence-electron chi connectivity index (χ2n) is 5.38. The molecule has 4 nitrogen and oxygen atoms in total. The maximum atomic E-state index is 11.3. The number of ether oxygens (including phenoxy) is 1. The summed E-state index contributed by atoms with van der Waals surface area (Å²) in [5.41, 5.74) is 3.33. The van der Waals surface area contributed by atoms with Gasteiger partial charge < -0.3 is 15.4 Å². The molecule has 1 fully saturated rings. The molecule has 1 aromatic carbocycles. The van der Waals surface area contributed by atoms with Crippen molar-refractivity contribution in [2.45, 2.75) is 25.7 Å². The van der Waals surface area contributed by atoms with Crippen molar-refractivity contribution in [3.8, 4) is 0 Å². The van der Waals surface area contributed by atoms with E-state index in [1.54, 1.807) is 0 Å². The quantitative estimate of drug-likeness (QED) is 0.877. The second-order valence-corrected chi connectivity index (χ2v) is 5.38. The monoisotopic (exact) mass is 260 g/mol. The standard InChI is InChI=1S/C15H20N2O2/c18-15-6-3-12-8-13(4-5-14(12)17-15)16-9-11-2-1-7-19-10-11/h4-5,8,11,16H,1-3,6-7,9-10H2,(H,17,18). The van der Waals surface area contributed by atoms with E-state index in [2.05, 4.69) is 16.7 Å². The third-order valence-electron chi connectivity index (χ3n) is 3.85. The Labute approximate surface area is 113 Å². The van der Waals surface area contributed by atoms with Gasteiger partial charge in [-0.3, -0.25) is 4.79 Å². The minimum atomic E-state index is 0.118. The number of fused-ring (bicyclic) bond motifs is 1. The number of aryl methyl sites for hydroxylation is 1. The molecule has 1 unspecified atom stereocenters. The summed E-state index contributed by atoms with van der Waals surface area (Å²) < 4.78 is 5.49. The molecule has 0 aromatic heterocycles. The Hall–Kier alpha value is -1.55. The molecule has 2 N–H and O–H groups in total. The number of anilines is 2. The molecule has 1 atom stereocenters. The Bertz CT molecular complexity index is 467. The van der Waals surface area contributed by atoms with Crippen LogP contribution in [0.1, 0.15) is 24.8 Å². The minimum absolute atomic E-state index is 0.118. The molecule has 2 heterocycles. The Kier molecular flexibility index (Phi) is 3.69. The maximum absolute atomic E-state index is 11.3. The van der Waals surface area contributed by atoms with Crippen LogP contribution in [0.25, 0.3) is 0 Å². The van der Waals surface area contributed by atoms with E-state index in [0.717, 1.165) is 37.6 Å². The van der Waals surface area contributed by atoms with Crippen LogP contribution < -0.4 is 10.6 Å². The van der Waals surface area contributed by atoms with Crippen molar-refractivity contribution in [1.29, 1.82) is 0 Å². The topological polar surface area (TPSA) is 50.4 Å². The smallest absolute Gasteiger partial charge is 0.224 e. The average Bonchev–Trinajstić information content (AvgIpc) is 2.46. The third-order valence-corrected chi connectivity index (χ3v) is 3.85. The number of benzene rings is 1. The van der Waals surface area contributed by atoms with Crippen LogP contribution in [0.5, 0.6) is 0 Å². The van der Waals surface area contributed by atoms with Crippen molar-refractivity contribution < 1.29 is 9.53 Å². The van der Waals surface area contributed by atoms with Gasteiger partial charge in [-0.25, -0.2) is 0 Å². The maximum Gasteiger partial charge on any atom is 0.224 e. The number of hydrogen-bond acceptors (Lipinski definition) is 3. The van der Waals surface area contributed by atoms with Gasteiger partial charge in [0, 0.05) is 30.9 Å². The highest BCUT2D eigenvalue weighted by Crippen LogP contribution is 2.26. The number of carbonyl (C=O) groups is 1. The van der Waals surface area contributed by atoms with Gasteiger partial charge in [-0.1, -0.05) is 0 Å². The van der Waals surface area contributed by atoms with Gasteiger partial charge >= 0.3 is 0 Å². The lowest BCUT2D eigenvalue weighted by molar-refractivity contribution is -0.116. The van der Waals surface area contributed by atoms with Crippen LogP contribution in [0.15, 0.2) is 18.2 Å². The van der Waals surface area contributed by atoms with Crippen LogP contribution in [0, 0.1) is 5.92 Å². The summed E-state index contributed by atoms with van der Waals surface area (Å²) in [6.45, 7) is 2.74. The van der Waals surface area contributed by atoms with Gasteiger partial charge in [-0.2, -0.15) is 0 Å². The first kappa shape index (κ1) is 12.5. The molecule has 4 heteroatoms. The van der Waals surface area contributed by atoms with Crippen molar-refractivity contribution in [3.05, 3.63) is 23.8 Å². The van der Waals surface area contributed by atoms with Gasteiger partial charge in [0.05, 0.1) is 6.61 Å². The van der Waals surface area contributed by atoms with Crippen molar-refractivity contribution in [1.82, 2.24) is 0 Å². The number of amides is 1. The molecule has 1 aromatic rings. The fourth-order valence-corrected chi connectivity index (χ4v) is 2.72. The van der Waals surface area contributed by atoms with Crippen molar-refractivity contribution >= 4 is 17.3 Å². The first-order chi connectivity index (χ1) is 9.31. The summed E-state index contributed by atoms with van der Waals surface area (Å²) in [4.78, 5) is 11.3. The SMILES string of the molecule is O=C1CCc2cc(NCC3CCCOC3)ccc2N1. The van der Waals surface area contributed by atoms with E-state index < -0.39 is 0 Å². The molecule has 1 saturated heterocycles. The fourth-order valence-electron chi connectivity index (χ4n) is 2.72. The molecule has 1 amide bonds. The van der Waals surface area contributed by atoms with Crippen LogP contribution in [-0.2, 0) is 16.0 Å². The van der Waals surface area contributed by atoms with Crippen LogP contribution in [-0.4, -0.2) is 25.7 Å². The zero-order chi connectivity index (χ0) is 13.1. The molecule has 0 radical (unpaired) electrons. The van der Waals surface area contributed by atoms with Crippen LogP contribution in [0.2, 0.25) is 0 Å². The number of hydrogen-bond donors (Lipinski definition) is 2. The number of nitrogens with one attached hydrogen (secondary N) is 2. The molecule has 0 spiro atoms. The highest BCUT2D eigenvalue weighted by atomic mass is 16.5. The van der Waals surface area contributed by atoms with E-state index >= 15 is 0 Å². The van der Waals surface area contributed by atoms with E-state index in [0.29, 0.717) is 12.3 Å². The van der Waals surface area contributed by atoms with E-state index in [4.69, 9.17) is 4.74 Å². The summed E-state index contributed by atoms with van der Waals surface area (Å²) in [7, 11) is 0. The number of rotatable bonds is 3. The summed E-state index contributed by atoms with van der Waals surface area (Å²) >= 11 is 0. The van der Waals surface area contributed by atoms with Gasteiger partial charge in [-0.05, 0) is 48.9 Å². The van der Waals surface area contributed by atoms with E-state index in [1.165, 1.54) is 18.4 Å². The molecule has 0 bridgehead atoms. The van der Waals surface area contributed by atoms with Crippen LogP contribution >= 0.6 is 0 Å². The predicted molar refractivity (Wildman–Crippen MR) is 75.4 cm³/mol. The molecule has 3 rings (SSSR count). The lowest BCUT2D eigenvalue weighted by atomic mass is 10.0. The van der Waals surface area contributed by atoms with Crippen LogP contribution in [0.3, 0.4) is 0 Å². The van der Waals surface area contributed by atoms with E-state index in [-0.39, 0.29) is 5.91 Å². The summed E-state index contributed by atoms with van der Waals surface area (Å²) in [6, 6.07) is 6.18. The molecule has 0 saturated carbocycles. The Morgan fingerprint density at radius 2 is 2.32 bits per heavy atom. The van der Waals surface area contributed by atoms with E-state index in [9.17, 15) is 4.79 Å². The van der Waals surface area contributed by atoms with Gasteiger partial charge in [-0.15, -0.1) is 0 Å². The van der Waals surface area contributed by atoms with Gasteiger partial charge in [0.25, 0.3) is 0 Å². The van der Waals surface area contributed by atoms with Gasteiger partial charge in [0.15, 0.2) is 0 Å². The minimum Gasteiger partial charge on any atom is -0.385 e. The second kappa shape index (κ2) is 5.61. The molecular formula is C15H20N2O2. The first-order valence-corrected chi connectivity index (χ1v) is 7.05. The van der Waals surface area contributed by atoms with Gasteiger partial charge in [0.1, 0.15) is 0 Å². The molecular weight excluding hydrogens is 240 g/mol. The van der Waals surface area contributed by atoms with Crippen molar-refractivity contribution in [2.24, 2.45) is 5.92 Å². The first-order valence-electron chi connectivity index (χ1n) is 7.05. The van der Waals surface area contributed by atoms with Gasteiger partial charge in [0.2, 0.25) is 5.91 Å². The third kappa shape index (κ3) is 3.07. The predicted octanol–water partition coefficient (Wildman–Crippen LogP) is 2.41. The molecule has 2 aliphatic heterocycles. The fraction of sp³-hybridized carbons (Fsp3) is 0.533. The summed E-state index contributed by atoms with van der Waals surface area (Å²) in [5, 5.41) is 6.39. The Balaban J connectivity index is 1.60. The molecule has 0 aliphatic carbocycles. The zero-order valence-corrected chi connectivity index (χ0v) is 11.1. The summed E-state index contributed by atoms with van der Waals surface area (Å²) in [6.07, 6.45) is 3.84.